The summed E-state index contributed by atoms with van der Waals surface area (Å²) < 4.78 is 41.0. The van der Waals surface area contributed by atoms with E-state index in [1.54, 1.807) is 37.3 Å². The van der Waals surface area contributed by atoms with Crippen molar-refractivity contribution in [2.75, 3.05) is 13.2 Å². The van der Waals surface area contributed by atoms with Gasteiger partial charge in [-0.25, -0.2) is 8.78 Å². The molecule has 1 saturated heterocycles. The number of rotatable bonds is 8. The number of amides is 1. The Hall–Kier alpha value is -3.24. The Morgan fingerprint density at radius 1 is 1.13 bits per heavy atom. The molecule has 4 unspecified atom stereocenters. The van der Waals surface area contributed by atoms with Crippen LogP contribution in [-0.2, 0) is 21.6 Å². The molecule has 0 spiro atoms. The third kappa shape index (κ3) is 6.60. The van der Waals surface area contributed by atoms with Gasteiger partial charge in [0.25, 0.3) is 5.91 Å². The van der Waals surface area contributed by atoms with E-state index in [4.69, 9.17) is 21.7 Å². The first-order valence-corrected chi connectivity index (χ1v) is 12.7. The van der Waals surface area contributed by atoms with Crippen LogP contribution >= 0.6 is 12.2 Å². The van der Waals surface area contributed by atoms with E-state index in [0.717, 1.165) is 17.7 Å². The SMILES string of the molecule is CC(O)C1CC(COCc2ccccc2)OCC1(NC(=S)NC(=O)c1ccccc1)c1ccc(F)cc1F. The van der Waals surface area contributed by atoms with Gasteiger partial charge in [0.2, 0.25) is 0 Å². The summed E-state index contributed by atoms with van der Waals surface area (Å²) in [4.78, 5) is 12.7. The molecule has 1 amide bonds. The Morgan fingerprint density at radius 3 is 2.47 bits per heavy atom. The lowest BCUT2D eigenvalue weighted by Crippen LogP contribution is -2.63. The summed E-state index contributed by atoms with van der Waals surface area (Å²) >= 11 is 5.44. The van der Waals surface area contributed by atoms with Crippen molar-refractivity contribution in [1.29, 1.82) is 0 Å². The molecule has 1 heterocycles. The molecule has 4 rings (SSSR count). The lowest BCUT2D eigenvalue weighted by atomic mass is 9.71. The van der Waals surface area contributed by atoms with E-state index >= 15 is 4.39 Å². The molecular formula is C29H30F2N2O4S. The third-order valence-electron chi connectivity index (χ3n) is 6.71. The van der Waals surface area contributed by atoms with Crippen LogP contribution in [0.4, 0.5) is 8.78 Å². The van der Waals surface area contributed by atoms with Crippen molar-refractivity contribution in [2.24, 2.45) is 5.92 Å². The number of nitrogens with one attached hydrogen (secondary N) is 2. The molecule has 3 N–H and O–H groups in total. The van der Waals surface area contributed by atoms with Crippen LogP contribution in [0.1, 0.15) is 34.8 Å². The molecule has 0 aliphatic carbocycles. The number of hydrogen-bond donors (Lipinski definition) is 3. The lowest BCUT2D eigenvalue weighted by molar-refractivity contribution is -0.124. The molecule has 0 bridgehead atoms. The number of thiocarbonyl (C=S) groups is 1. The van der Waals surface area contributed by atoms with Gasteiger partial charge < -0.3 is 19.9 Å². The van der Waals surface area contributed by atoms with Crippen LogP contribution in [0.5, 0.6) is 0 Å². The molecule has 4 atom stereocenters. The standard InChI is InChI=1S/C29H30F2N2O4S/c1-19(34)25-15-23(17-36-16-20-8-4-2-5-9-20)37-18-29(25,24-13-12-22(30)14-26(24)31)33-28(38)32-27(35)21-10-6-3-7-11-21/h2-14,19,23,25,34H,15-18H2,1H3,(H2,32,33,35,38). The fourth-order valence-corrected chi connectivity index (χ4v) is 5.11. The second kappa shape index (κ2) is 12.5. The van der Waals surface area contributed by atoms with Crippen molar-refractivity contribution < 1.29 is 28.2 Å². The Balaban J connectivity index is 1.55. The number of ether oxygens (including phenoxy) is 2. The average molecular weight is 541 g/mol. The van der Waals surface area contributed by atoms with Crippen molar-refractivity contribution in [3.8, 4) is 0 Å². The summed E-state index contributed by atoms with van der Waals surface area (Å²) in [5, 5.41) is 16.4. The molecule has 1 aliphatic rings. The van der Waals surface area contributed by atoms with Gasteiger partial charge >= 0.3 is 0 Å². The highest BCUT2D eigenvalue weighted by atomic mass is 32.1. The molecule has 3 aromatic rings. The molecule has 1 aliphatic heterocycles. The minimum atomic E-state index is -1.39. The van der Waals surface area contributed by atoms with E-state index in [9.17, 15) is 14.3 Å². The normalized spacial score (nSPS) is 21.9. The topological polar surface area (TPSA) is 79.8 Å². The number of halogens is 2. The number of carbonyl (C=O) groups is 1. The van der Waals surface area contributed by atoms with Gasteiger partial charge in [0.1, 0.15) is 11.6 Å². The second-order valence-corrected chi connectivity index (χ2v) is 9.79. The first-order valence-electron chi connectivity index (χ1n) is 12.3. The van der Waals surface area contributed by atoms with E-state index in [0.29, 0.717) is 18.6 Å². The van der Waals surface area contributed by atoms with E-state index in [2.05, 4.69) is 10.6 Å². The lowest BCUT2D eigenvalue weighted by Gasteiger charge is -2.48. The minimum absolute atomic E-state index is 0.0735. The molecule has 0 saturated carbocycles. The zero-order valence-electron chi connectivity index (χ0n) is 20.9. The quantitative estimate of drug-likeness (QED) is 0.366. The van der Waals surface area contributed by atoms with E-state index in [-0.39, 0.29) is 30.0 Å². The summed E-state index contributed by atoms with van der Waals surface area (Å²) in [5.41, 5.74) is 0.0912. The Labute approximate surface area is 226 Å². The monoisotopic (exact) mass is 540 g/mol. The summed E-state index contributed by atoms with van der Waals surface area (Å²) in [6.45, 7) is 2.15. The van der Waals surface area contributed by atoms with Crippen molar-refractivity contribution in [3.63, 3.8) is 0 Å². The molecule has 3 aromatic carbocycles. The predicted octanol–water partition coefficient (Wildman–Crippen LogP) is 4.47. The van der Waals surface area contributed by atoms with Gasteiger partial charge in [-0.3, -0.25) is 10.1 Å². The maximum Gasteiger partial charge on any atom is 0.257 e. The summed E-state index contributed by atoms with van der Waals surface area (Å²) in [5.74, 6) is -2.62. The molecule has 38 heavy (non-hydrogen) atoms. The zero-order valence-corrected chi connectivity index (χ0v) is 21.7. The first kappa shape index (κ1) is 27.8. The van der Waals surface area contributed by atoms with Crippen LogP contribution in [0.15, 0.2) is 78.9 Å². The second-order valence-electron chi connectivity index (χ2n) is 9.39. The highest BCUT2D eigenvalue weighted by Gasteiger charge is 2.50. The largest absolute Gasteiger partial charge is 0.393 e. The number of benzene rings is 3. The summed E-state index contributed by atoms with van der Waals surface area (Å²) in [6, 6.07) is 21.4. The molecular weight excluding hydrogens is 510 g/mol. The van der Waals surface area contributed by atoms with Gasteiger partial charge in [-0.05, 0) is 49.3 Å². The van der Waals surface area contributed by atoms with Crippen LogP contribution < -0.4 is 10.6 Å². The molecule has 1 fully saturated rings. The Morgan fingerprint density at radius 2 is 1.82 bits per heavy atom. The van der Waals surface area contributed by atoms with Gasteiger partial charge in [-0.15, -0.1) is 0 Å². The van der Waals surface area contributed by atoms with Gasteiger partial charge in [0.15, 0.2) is 5.11 Å². The number of carbonyl (C=O) groups excluding carboxylic acids is 1. The highest BCUT2D eigenvalue weighted by molar-refractivity contribution is 7.80. The Kier molecular flexibility index (Phi) is 9.17. The summed E-state index contributed by atoms with van der Waals surface area (Å²) in [7, 11) is 0. The third-order valence-corrected chi connectivity index (χ3v) is 6.91. The van der Waals surface area contributed by atoms with Crippen LogP contribution in [0.25, 0.3) is 0 Å². The number of aliphatic hydroxyl groups is 1. The van der Waals surface area contributed by atoms with E-state index < -0.39 is 35.1 Å². The van der Waals surface area contributed by atoms with Crippen LogP contribution in [-0.4, -0.2) is 41.5 Å². The van der Waals surface area contributed by atoms with Crippen molar-refractivity contribution in [3.05, 3.63) is 107 Å². The van der Waals surface area contributed by atoms with Gasteiger partial charge in [-0.2, -0.15) is 0 Å². The maximum atomic E-state index is 15.2. The molecule has 9 heteroatoms. The van der Waals surface area contributed by atoms with Gasteiger partial charge in [-0.1, -0.05) is 54.6 Å². The van der Waals surface area contributed by atoms with Crippen LogP contribution in [0.2, 0.25) is 0 Å². The van der Waals surface area contributed by atoms with Crippen molar-refractivity contribution >= 4 is 23.2 Å². The predicted molar refractivity (Wildman–Crippen MR) is 143 cm³/mol. The van der Waals surface area contributed by atoms with Gasteiger partial charge in [0.05, 0.1) is 37.6 Å². The minimum Gasteiger partial charge on any atom is -0.393 e. The first-order chi connectivity index (χ1) is 18.3. The zero-order chi connectivity index (χ0) is 27.1. The van der Waals surface area contributed by atoms with E-state index in [1.165, 1.54) is 6.07 Å². The summed E-state index contributed by atoms with van der Waals surface area (Å²) in [6.07, 6.45) is -1.02. The highest BCUT2D eigenvalue weighted by Crippen LogP contribution is 2.41. The molecule has 200 valence electrons. The molecule has 0 aromatic heterocycles. The fourth-order valence-electron chi connectivity index (χ4n) is 4.84. The van der Waals surface area contributed by atoms with E-state index in [1.807, 2.05) is 30.3 Å². The number of hydrogen-bond acceptors (Lipinski definition) is 5. The van der Waals surface area contributed by atoms with Crippen molar-refractivity contribution in [2.45, 2.75) is 37.7 Å². The van der Waals surface area contributed by atoms with Crippen molar-refractivity contribution in [1.82, 2.24) is 10.6 Å². The fraction of sp³-hybridized carbons (Fsp3) is 0.310. The number of aliphatic hydroxyl groups excluding tert-OH is 1. The molecule has 6 nitrogen and oxygen atoms in total. The van der Waals surface area contributed by atoms with Crippen LogP contribution in [0, 0.1) is 17.6 Å². The van der Waals surface area contributed by atoms with Gasteiger partial charge in [0, 0.05) is 23.1 Å². The van der Waals surface area contributed by atoms with Crippen LogP contribution in [0.3, 0.4) is 0 Å². The molecule has 0 radical (unpaired) electrons. The maximum absolute atomic E-state index is 15.2. The smallest absolute Gasteiger partial charge is 0.257 e. The Bertz CT molecular complexity index is 1250. The average Bonchev–Trinajstić information content (AvgIpc) is 2.90.